The van der Waals surface area contributed by atoms with E-state index >= 15 is 0 Å². The molecule has 0 saturated carbocycles. The maximum Gasteiger partial charge on any atom is 0.305 e. The smallest absolute Gasteiger partial charge is 0.305 e. The molecule has 1 amide bonds. The van der Waals surface area contributed by atoms with Gasteiger partial charge in [0, 0.05) is 18.3 Å². The van der Waals surface area contributed by atoms with Gasteiger partial charge in [0.2, 0.25) is 5.91 Å². The van der Waals surface area contributed by atoms with E-state index in [0.717, 1.165) is 11.3 Å². The first kappa shape index (κ1) is 15.3. The molecule has 0 aromatic heterocycles. The number of carbonyl (C=O) groups is 2. The average Bonchev–Trinajstić information content (AvgIpc) is 2.87. The Morgan fingerprint density at radius 1 is 1.33 bits per heavy atom. The number of hydrogen-bond acceptors (Lipinski definition) is 3. The lowest BCUT2D eigenvalue weighted by molar-refractivity contribution is -0.136. The van der Waals surface area contributed by atoms with Crippen LogP contribution >= 0.6 is 0 Å². The van der Waals surface area contributed by atoms with Crippen LogP contribution in [0.25, 0.3) is 0 Å². The summed E-state index contributed by atoms with van der Waals surface area (Å²) in [5.74, 6) is -1.27. The molecule has 0 fully saturated rings. The quantitative estimate of drug-likeness (QED) is 0.808. The molecule has 5 heteroatoms. The molecule has 0 bridgehead atoms. The molecule has 1 aromatic carbocycles. The standard InChI is InChI=1S/C16H20N2O3/c1-11-4-2-3-5-14(11)18(9-8-15(19)20)16(21)12-6-7-13(17)10-12/h2-7,12-13H,8-10,17H2,1H3,(H,19,20). The first-order valence-corrected chi connectivity index (χ1v) is 7.01. The molecule has 3 N–H and O–H groups in total. The highest BCUT2D eigenvalue weighted by Gasteiger charge is 2.28. The second kappa shape index (κ2) is 6.54. The highest BCUT2D eigenvalue weighted by Crippen LogP contribution is 2.25. The second-order valence-corrected chi connectivity index (χ2v) is 5.31. The lowest BCUT2D eigenvalue weighted by atomic mass is 10.0. The number of anilines is 1. The van der Waals surface area contributed by atoms with Crippen LogP contribution in [0.4, 0.5) is 5.69 Å². The minimum Gasteiger partial charge on any atom is -0.481 e. The summed E-state index contributed by atoms with van der Waals surface area (Å²) >= 11 is 0. The number of para-hydroxylation sites is 1. The average molecular weight is 288 g/mol. The van der Waals surface area contributed by atoms with Gasteiger partial charge in [0.05, 0.1) is 12.3 Å². The van der Waals surface area contributed by atoms with E-state index in [9.17, 15) is 9.59 Å². The Morgan fingerprint density at radius 3 is 2.62 bits per heavy atom. The first-order chi connectivity index (χ1) is 9.99. The molecule has 21 heavy (non-hydrogen) atoms. The Hall–Kier alpha value is -2.14. The van der Waals surface area contributed by atoms with Gasteiger partial charge in [-0.15, -0.1) is 0 Å². The minimum atomic E-state index is -0.917. The summed E-state index contributed by atoms with van der Waals surface area (Å²) in [6.07, 6.45) is 4.14. The third kappa shape index (κ3) is 3.70. The van der Waals surface area contributed by atoms with E-state index in [4.69, 9.17) is 10.8 Å². The summed E-state index contributed by atoms with van der Waals surface area (Å²) in [5.41, 5.74) is 7.51. The molecule has 1 aromatic rings. The number of aryl methyl sites for hydroxylation is 1. The maximum absolute atomic E-state index is 12.7. The van der Waals surface area contributed by atoms with Gasteiger partial charge in [-0.1, -0.05) is 30.4 Å². The van der Waals surface area contributed by atoms with Crippen LogP contribution < -0.4 is 10.6 Å². The van der Waals surface area contributed by atoms with Crippen molar-refractivity contribution in [3.05, 3.63) is 42.0 Å². The van der Waals surface area contributed by atoms with Crippen LogP contribution in [-0.2, 0) is 9.59 Å². The highest BCUT2D eigenvalue weighted by atomic mass is 16.4. The topological polar surface area (TPSA) is 83.6 Å². The van der Waals surface area contributed by atoms with Crippen molar-refractivity contribution in [2.75, 3.05) is 11.4 Å². The lowest BCUT2D eigenvalue weighted by Crippen LogP contribution is -2.38. The predicted molar refractivity (Wildman–Crippen MR) is 81.0 cm³/mol. The molecular formula is C16H20N2O3. The van der Waals surface area contributed by atoms with Crippen LogP contribution in [0, 0.1) is 12.8 Å². The fourth-order valence-electron chi connectivity index (χ4n) is 2.53. The Balaban J connectivity index is 2.23. The number of benzene rings is 1. The van der Waals surface area contributed by atoms with Crippen molar-refractivity contribution in [3.63, 3.8) is 0 Å². The van der Waals surface area contributed by atoms with E-state index in [1.807, 2.05) is 43.3 Å². The van der Waals surface area contributed by atoms with E-state index in [1.54, 1.807) is 4.90 Å². The summed E-state index contributed by atoms with van der Waals surface area (Å²) in [7, 11) is 0. The third-order valence-electron chi connectivity index (χ3n) is 3.66. The maximum atomic E-state index is 12.7. The Labute approximate surface area is 124 Å². The van der Waals surface area contributed by atoms with Crippen LogP contribution in [0.2, 0.25) is 0 Å². The monoisotopic (exact) mass is 288 g/mol. The summed E-state index contributed by atoms with van der Waals surface area (Å²) in [6.45, 7) is 2.07. The van der Waals surface area contributed by atoms with Crippen LogP contribution in [0.1, 0.15) is 18.4 Å². The van der Waals surface area contributed by atoms with Gasteiger partial charge in [0.15, 0.2) is 0 Å². The second-order valence-electron chi connectivity index (χ2n) is 5.31. The third-order valence-corrected chi connectivity index (χ3v) is 3.66. The van der Waals surface area contributed by atoms with Crippen LogP contribution in [0.5, 0.6) is 0 Å². The molecule has 0 aliphatic heterocycles. The molecule has 112 valence electrons. The lowest BCUT2D eigenvalue weighted by Gasteiger charge is -2.26. The van der Waals surface area contributed by atoms with E-state index in [-0.39, 0.29) is 30.8 Å². The molecule has 0 radical (unpaired) electrons. The molecule has 1 aliphatic carbocycles. The number of carboxylic acids is 1. The molecule has 1 aliphatic rings. The van der Waals surface area contributed by atoms with Crippen LogP contribution in [0.3, 0.4) is 0 Å². The van der Waals surface area contributed by atoms with Crippen LogP contribution in [-0.4, -0.2) is 29.6 Å². The zero-order valence-corrected chi connectivity index (χ0v) is 12.0. The normalized spacial score (nSPS) is 20.5. The zero-order valence-electron chi connectivity index (χ0n) is 12.0. The summed E-state index contributed by atoms with van der Waals surface area (Å²) in [5, 5.41) is 8.90. The summed E-state index contributed by atoms with van der Waals surface area (Å²) in [4.78, 5) is 25.1. The van der Waals surface area contributed by atoms with Gasteiger partial charge in [0.1, 0.15) is 0 Å². The number of carboxylic acid groups (broad SMARTS) is 1. The van der Waals surface area contributed by atoms with Crippen molar-refractivity contribution in [1.29, 1.82) is 0 Å². The van der Waals surface area contributed by atoms with Gasteiger partial charge in [0.25, 0.3) is 0 Å². The van der Waals surface area contributed by atoms with Crippen molar-refractivity contribution < 1.29 is 14.7 Å². The Kier molecular flexibility index (Phi) is 4.75. The molecule has 0 heterocycles. The van der Waals surface area contributed by atoms with Gasteiger partial charge >= 0.3 is 5.97 Å². The fraction of sp³-hybridized carbons (Fsp3) is 0.375. The number of nitrogens with two attached hydrogens (primary N) is 1. The van der Waals surface area contributed by atoms with Crippen molar-refractivity contribution in [1.82, 2.24) is 0 Å². The van der Waals surface area contributed by atoms with Crippen molar-refractivity contribution >= 4 is 17.6 Å². The number of carbonyl (C=O) groups excluding carboxylic acids is 1. The number of aliphatic carboxylic acids is 1. The fourth-order valence-corrected chi connectivity index (χ4v) is 2.53. The molecule has 2 rings (SSSR count). The van der Waals surface area contributed by atoms with Crippen molar-refractivity contribution in [3.8, 4) is 0 Å². The number of hydrogen-bond donors (Lipinski definition) is 2. The van der Waals surface area contributed by atoms with Gasteiger partial charge in [-0.2, -0.15) is 0 Å². The summed E-state index contributed by atoms with van der Waals surface area (Å²) < 4.78 is 0. The first-order valence-electron chi connectivity index (χ1n) is 7.01. The minimum absolute atomic E-state index is 0.0808. The van der Waals surface area contributed by atoms with Gasteiger partial charge < -0.3 is 15.7 Å². The van der Waals surface area contributed by atoms with Gasteiger partial charge in [-0.05, 0) is 25.0 Å². The van der Waals surface area contributed by atoms with Crippen molar-refractivity contribution in [2.45, 2.75) is 25.8 Å². The summed E-state index contributed by atoms with van der Waals surface area (Å²) in [6, 6.07) is 7.39. The SMILES string of the molecule is Cc1ccccc1N(CCC(=O)O)C(=O)C1C=CC(N)C1. The molecule has 0 spiro atoms. The van der Waals surface area contributed by atoms with Gasteiger partial charge in [-0.3, -0.25) is 9.59 Å². The van der Waals surface area contributed by atoms with E-state index < -0.39 is 5.97 Å². The van der Waals surface area contributed by atoms with Crippen molar-refractivity contribution in [2.24, 2.45) is 11.7 Å². The Morgan fingerprint density at radius 2 is 2.05 bits per heavy atom. The Bertz CT molecular complexity index is 568. The molecule has 2 unspecified atom stereocenters. The van der Waals surface area contributed by atoms with Crippen LogP contribution in [0.15, 0.2) is 36.4 Å². The largest absolute Gasteiger partial charge is 0.481 e. The molecule has 5 nitrogen and oxygen atoms in total. The van der Waals surface area contributed by atoms with Gasteiger partial charge in [-0.25, -0.2) is 0 Å². The number of rotatable bonds is 5. The highest BCUT2D eigenvalue weighted by molar-refractivity contribution is 5.97. The van der Waals surface area contributed by atoms with E-state index in [2.05, 4.69) is 0 Å². The predicted octanol–water partition coefficient (Wildman–Crippen LogP) is 1.71. The number of amides is 1. The zero-order chi connectivity index (χ0) is 15.4. The molecule has 0 saturated heterocycles. The number of nitrogens with zero attached hydrogens (tertiary/aromatic N) is 1. The molecule has 2 atom stereocenters. The molecular weight excluding hydrogens is 268 g/mol. The van der Waals surface area contributed by atoms with E-state index in [1.165, 1.54) is 0 Å². The van der Waals surface area contributed by atoms with E-state index in [0.29, 0.717) is 6.42 Å².